The fourth-order valence-corrected chi connectivity index (χ4v) is 4.39. The van der Waals surface area contributed by atoms with E-state index in [0.29, 0.717) is 0 Å². The number of carbonyl (C=O) groups excluding carboxylic acids is 1. The largest absolute Gasteiger partial charge is 0.346 e. The van der Waals surface area contributed by atoms with Crippen molar-refractivity contribution in [2.24, 2.45) is 5.73 Å². The van der Waals surface area contributed by atoms with Crippen molar-refractivity contribution in [2.75, 3.05) is 20.1 Å². The molecule has 0 spiro atoms. The molecule has 1 amide bonds. The van der Waals surface area contributed by atoms with Gasteiger partial charge in [-0.05, 0) is 37.1 Å². The van der Waals surface area contributed by atoms with Crippen LogP contribution in [0.5, 0.6) is 0 Å². The highest BCUT2D eigenvalue weighted by Gasteiger charge is 2.30. The summed E-state index contributed by atoms with van der Waals surface area (Å²) in [7, 11) is -2.09. The molecule has 0 saturated heterocycles. The van der Waals surface area contributed by atoms with Crippen LogP contribution in [0.25, 0.3) is 0 Å². The number of nitrogens with two attached hydrogens (primary N) is 1. The van der Waals surface area contributed by atoms with Gasteiger partial charge in [0, 0.05) is 18.7 Å². The third-order valence-electron chi connectivity index (χ3n) is 4.69. The van der Waals surface area contributed by atoms with Gasteiger partial charge in [0.1, 0.15) is 0 Å². The van der Waals surface area contributed by atoms with Gasteiger partial charge in [-0.1, -0.05) is 19.3 Å². The highest BCUT2D eigenvalue weighted by atomic mass is 35.5. The molecule has 1 aliphatic rings. The normalized spacial score (nSPS) is 16.0. The van der Waals surface area contributed by atoms with Crippen molar-refractivity contribution in [1.82, 2.24) is 9.62 Å². The van der Waals surface area contributed by atoms with E-state index in [1.807, 2.05) is 0 Å². The summed E-state index contributed by atoms with van der Waals surface area (Å²) >= 11 is 0. The number of carbonyl (C=O) groups is 1. The molecule has 1 fully saturated rings. The standard InChI is InChI=1S/C17H25F2N3O3S.ClH/c1-22(14-5-3-2-4-6-14)26(24,25)15-9-7-13(8-10-15)16(23)21-12-17(18,19)11-20;/h7-10,14H,2-6,11-12,20H2,1H3,(H,21,23);1H. The van der Waals surface area contributed by atoms with E-state index in [0.717, 1.165) is 32.1 Å². The molecule has 0 aromatic heterocycles. The van der Waals surface area contributed by atoms with Gasteiger partial charge in [0.2, 0.25) is 10.0 Å². The molecule has 2 rings (SSSR count). The van der Waals surface area contributed by atoms with Gasteiger partial charge in [-0.15, -0.1) is 12.4 Å². The summed E-state index contributed by atoms with van der Waals surface area (Å²) in [5.74, 6) is -3.88. The summed E-state index contributed by atoms with van der Waals surface area (Å²) in [5, 5.41) is 2.09. The Labute approximate surface area is 164 Å². The molecule has 27 heavy (non-hydrogen) atoms. The molecular weight excluding hydrogens is 400 g/mol. The number of alkyl halides is 2. The molecule has 0 unspecified atom stereocenters. The first kappa shape index (κ1) is 23.7. The van der Waals surface area contributed by atoms with Crippen LogP contribution >= 0.6 is 12.4 Å². The van der Waals surface area contributed by atoms with E-state index in [1.165, 1.54) is 28.6 Å². The first-order valence-corrected chi connectivity index (χ1v) is 10.1. The number of halogens is 3. The maximum absolute atomic E-state index is 13.1. The number of amides is 1. The molecule has 0 aliphatic heterocycles. The number of hydrogen-bond acceptors (Lipinski definition) is 4. The first-order valence-electron chi connectivity index (χ1n) is 8.61. The number of rotatable bonds is 7. The van der Waals surface area contributed by atoms with Gasteiger partial charge in [-0.3, -0.25) is 4.79 Å². The van der Waals surface area contributed by atoms with Crippen LogP contribution in [0, 0.1) is 0 Å². The lowest BCUT2D eigenvalue weighted by Crippen LogP contribution is -2.41. The van der Waals surface area contributed by atoms with Crippen LogP contribution in [0.1, 0.15) is 42.5 Å². The Balaban J connectivity index is 0.00000364. The monoisotopic (exact) mass is 425 g/mol. The van der Waals surface area contributed by atoms with Gasteiger partial charge >= 0.3 is 0 Å². The molecule has 0 bridgehead atoms. The average molecular weight is 426 g/mol. The highest BCUT2D eigenvalue weighted by Crippen LogP contribution is 2.26. The van der Waals surface area contributed by atoms with E-state index in [2.05, 4.69) is 5.32 Å². The Morgan fingerprint density at radius 2 is 1.78 bits per heavy atom. The second-order valence-electron chi connectivity index (χ2n) is 6.58. The molecular formula is C17H26ClF2N3O3S. The van der Waals surface area contributed by atoms with Gasteiger partial charge in [-0.25, -0.2) is 17.2 Å². The van der Waals surface area contributed by atoms with Crippen LogP contribution < -0.4 is 11.1 Å². The van der Waals surface area contributed by atoms with E-state index in [9.17, 15) is 22.0 Å². The predicted octanol–water partition coefficient (Wildman–Crippen LogP) is 2.39. The van der Waals surface area contributed by atoms with Crippen molar-refractivity contribution in [2.45, 2.75) is 49.0 Å². The Hall–Kier alpha value is -1.29. The minimum Gasteiger partial charge on any atom is -0.346 e. The Morgan fingerprint density at radius 3 is 2.30 bits per heavy atom. The lowest BCUT2D eigenvalue weighted by Gasteiger charge is -2.30. The fraction of sp³-hybridized carbons (Fsp3) is 0.588. The van der Waals surface area contributed by atoms with Crippen molar-refractivity contribution in [3.8, 4) is 0 Å². The average Bonchev–Trinajstić information content (AvgIpc) is 2.66. The highest BCUT2D eigenvalue weighted by molar-refractivity contribution is 7.89. The molecule has 10 heteroatoms. The molecule has 1 aliphatic carbocycles. The Kier molecular flexibility index (Phi) is 8.59. The van der Waals surface area contributed by atoms with E-state index in [4.69, 9.17) is 5.73 Å². The quantitative estimate of drug-likeness (QED) is 0.701. The second-order valence-corrected chi connectivity index (χ2v) is 8.58. The fourth-order valence-electron chi connectivity index (χ4n) is 2.97. The van der Waals surface area contributed by atoms with Crippen molar-refractivity contribution in [3.05, 3.63) is 29.8 Å². The van der Waals surface area contributed by atoms with Crippen LogP contribution in [0.15, 0.2) is 29.2 Å². The topological polar surface area (TPSA) is 92.5 Å². The summed E-state index contributed by atoms with van der Waals surface area (Å²) in [6.07, 6.45) is 4.82. The van der Waals surface area contributed by atoms with E-state index >= 15 is 0 Å². The van der Waals surface area contributed by atoms with Crippen LogP contribution in [-0.2, 0) is 10.0 Å². The molecule has 0 atom stereocenters. The predicted molar refractivity (Wildman–Crippen MR) is 102 cm³/mol. The number of sulfonamides is 1. The van der Waals surface area contributed by atoms with Crippen molar-refractivity contribution in [1.29, 1.82) is 0 Å². The van der Waals surface area contributed by atoms with Crippen LogP contribution in [0.3, 0.4) is 0 Å². The zero-order valence-electron chi connectivity index (χ0n) is 15.2. The van der Waals surface area contributed by atoms with Crippen LogP contribution in [-0.4, -0.2) is 50.7 Å². The SMILES string of the molecule is CN(C1CCCCC1)S(=O)(=O)c1ccc(C(=O)NCC(F)(F)CN)cc1.Cl. The van der Waals surface area contributed by atoms with E-state index < -0.39 is 34.9 Å². The Morgan fingerprint density at radius 1 is 1.22 bits per heavy atom. The third kappa shape index (κ3) is 6.10. The van der Waals surface area contributed by atoms with Crippen molar-refractivity contribution >= 4 is 28.3 Å². The summed E-state index contributed by atoms with van der Waals surface area (Å²) < 4.78 is 53.0. The number of benzene rings is 1. The molecule has 154 valence electrons. The zero-order valence-corrected chi connectivity index (χ0v) is 16.8. The molecule has 1 aromatic carbocycles. The summed E-state index contributed by atoms with van der Waals surface area (Å²) in [6, 6.07) is 5.26. The number of nitrogens with one attached hydrogen (secondary N) is 1. The first-order chi connectivity index (χ1) is 12.2. The molecule has 1 aromatic rings. The van der Waals surface area contributed by atoms with Crippen molar-refractivity contribution < 1.29 is 22.0 Å². The number of hydrogen-bond donors (Lipinski definition) is 2. The lowest BCUT2D eigenvalue weighted by atomic mass is 9.96. The van der Waals surface area contributed by atoms with Crippen LogP contribution in [0.2, 0.25) is 0 Å². The van der Waals surface area contributed by atoms with E-state index in [-0.39, 0.29) is 28.9 Å². The summed E-state index contributed by atoms with van der Waals surface area (Å²) in [5.41, 5.74) is 5.02. The van der Waals surface area contributed by atoms with E-state index in [1.54, 1.807) is 7.05 Å². The Bertz CT molecular complexity index is 723. The van der Waals surface area contributed by atoms with Gasteiger partial charge < -0.3 is 11.1 Å². The molecule has 1 saturated carbocycles. The van der Waals surface area contributed by atoms with Gasteiger partial charge in [0.15, 0.2) is 0 Å². The van der Waals surface area contributed by atoms with Gasteiger partial charge in [0.05, 0.1) is 18.0 Å². The molecule has 3 N–H and O–H groups in total. The second kappa shape index (κ2) is 9.77. The molecule has 6 nitrogen and oxygen atoms in total. The smallest absolute Gasteiger partial charge is 0.277 e. The zero-order chi connectivity index (χ0) is 19.4. The molecule has 0 radical (unpaired) electrons. The summed E-state index contributed by atoms with van der Waals surface area (Å²) in [4.78, 5) is 12.0. The van der Waals surface area contributed by atoms with Crippen molar-refractivity contribution in [3.63, 3.8) is 0 Å². The maximum atomic E-state index is 13.1. The maximum Gasteiger partial charge on any atom is 0.277 e. The lowest BCUT2D eigenvalue weighted by molar-refractivity contribution is 0.0118. The minimum atomic E-state index is -3.66. The van der Waals surface area contributed by atoms with Gasteiger partial charge in [0.25, 0.3) is 11.8 Å². The number of nitrogens with zero attached hydrogens (tertiary/aromatic N) is 1. The third-order valence-corrected chi connectivity index (χ3v) is 6.61. The molecule has 0 heterocycles. The summed E-state index contributed by atoms with van der Waals surface area (Å²) in [6.45, 7) is -1.73. The van der Waals surface area contributed by atoms with Gasteiger partial charge in [-0.2, -0.15) is 4.31 Å². The van der Waals surface area contributed by atoms with Crippen LogP contribution in [0.4, 0.5) is 8.78 Å². The minimum absolute atomic E-state index is 0.